The van der Waals surface area contributed by atoms with E-state index < -0.39 is 0 Å². The maximum absolute atomic E-state index is 11.8. The summed E-state index contributed by atoms with van der Waals surface area (Å²) >= 11 is 0. The van der Waals surface area contributed by atoms with Crippen LogP contribution in [-0.4, -0.2) is 32.6 Å². The summed E-state index contributed by atoms with van der Waals surface area (Å²) in [5.74, 6) is 0.307. The fourth-order valence-electron chi connectivity index (χ4n) is 1.48. The lowest BCUT2D eigenvalue weighted by atomic mass is 10.0. The highest BCUT2D eigenvalue weighted by atomic mass is 16.2. The van der Waals surface area contributed by atoms with E-state index in [2.05, 4.69) is 34.7 Å². The number of amides is 2. The third-order valence-corrected chi connectivity index (χ3v) is 2.44. The Bertz CT molecular complexity index is 366. The number of carbonyl (C=O) groups excluding carboxylic acids is 1. The molecule has 0 saturated carbocycles. The average molecular weight is 253 g/mol. The van der Waals surface area contributed by atoms with Gasteiger partial charge in [-0.15, -0.1) is 0 Å². The van der Waals surface area contributed by atoms with Crippen molar-refractivity contribution in [3.8, 4) is 0 Å². The number of aromatic nitrogens is 3. The summed E-state index contributed by atoms with van der Waals surface area (Å²) in [5.41, 5.74) is -0.241. The smallest absolute Gasteiger partial charge is 0.315 e. The molecule has 6 heteroatoms. The van der Waals surface area contributed by atoms with Crippen molar-refractivity contribution in [1.82, 2.24) is 25.6 Å². The van der Waals surface area contributed by atoms with Crippen molar-refractivity contribution in [1.29, 1.82) is 0 Å². The minimum Gasteiger partial charge on any atom is -0.334 e. The van der Waals surface area contributed by atoms with E-state index in [0.29, 0.717) is 12.5 Å². The van der Waals surface area contributed by atoms with E-state index in [1.165, 1.54) is 0 Å². The quantitative estimate of drug-likeness (QED) is 0.852. The number of hydrogen-bond acceptors (Lipinski definition) is 3. The normalized spacial score (nSPS) is 13.4. The van der Waals surface area contributed by atoms with Crippen LogP contribution in [0.1, 0.15) is 34.6 Å². The van der Waals surface area contributed by atoms with E-state index in [1.807, 2.05) is 20.8 Å². The highest BCUT2D eigenvalue weighted by Gasteiger charge is 2.20. The van der Waals surface area contributed by atoms with Crippen LogP contribution in [0, 0.1) is 5.92 Å². The van der Waals surface area contributed by atoms with Gasteiger partial charge in [-0.05, 0) is 26.7 Å². The maximum Gasteiger partial charge on any atom is 0.315 e. The van der Waals surface area contributed by atoms with E-state index in [4.69, 9.17) is 0 Å². The zero-order chi connectivity index (χ0) is 13.8. The van der Waals surface area contributed by atoms with Crippen LogP contribution in [0.25, 0.3) is 0 Å². The van der Waals surface area contributed by atoms with Crippen LogP contribution in [0.4, 0.5) is 4.79 Å². The van der Waals surface area contributed by atoms with Crippen LogP contribution in [0.3, 0.4) is 0 Å². The second-order valence-corrected chi connectivity index (χ2v) is 5.78. The Morgan fingerprint density at radius 2 is 1.83 bits per heavy atom. The van der Waals surface area contributed by atoms with Crippen LogP contribution in [0.15, 0.2) is 12.4 Å². The molecule has 1 heterocycles. The summed E-state index contributed by atoms with van der Waals surface area (Å²) in [6.07, 6.45) is 3.26. The lowest BCUT2D eigenvalue weighted by molar-refractivity contribution is 0.219. The molecule has 6 nitrogen and oxygen atoms in total. The standard InChI is InChI=1S/C12H23N5O/c1-9(2)10(8-17-13-6-7-14-17)15-11(18)16-12(3,4)5/h6-7,9-10H,8H2,1-5H3,(H2,15,16,18). The molecule has 0 aliphatic rings. The minimum atomic E-state index is -0.241. The van der Waals surface area contributed by atoms with Gasteiger partial charge in [0.1, 0.15) is 0 Å². The van der Waals surface area contributed by atoms with E-state index >= 15 is 0 Å². The molecule has 0 saturated heterocycles. The molecule has 102 valence electrons. The molecule has 0 fully saturated rings. The lowest BCUT2D eigenvalue weighted by Gasteiger charge is -2.26. The van der Waals surface area contributed by atoms with E-state index in [-0.39, 0.29) is 17.6 Å². The van der Waals surface area contributed by atoms with Gasteiger partial charge >= 0.3 is 6.03 Å². The first kappa shape index (κ1) is 14.5. The van der Waals surface area contributed by atoms with Crippen molar-refractivity contribution in [2.45, 2.75) is 52.7 Å². The molecular formula is C12H23N5O. The molecule has 1 atom stereocenters. The molecule has 1 aromatic heterocycles. The summed E-state index contributed by atoms with van der Waals surface area (Å²) in [4.78, 5) is 13.4. The number of rotatable bonds is 4. The third kappa shape index (κ3) is 5.16. The van der Waals surface area contributed by atoms with Gasteiger partial charge in [-0.1, -0.05) is 13.8 Å². The Hall–Kier alpha value is -1.59. The first-order valence-corrected chi connectivity index (χ1v) is 6.21. The highest BCUT2D eigenvalue weighted by molar-refractivity contribution is 5.74. The molecule has 0 spiro atoms. The van der Waals surface area contributed by atoms with Gasteiger partial charge in [0.25, 0.3) is 0 Å². The molecule has 0 aliphatic heterocycles. The molecule has 18 heavy (non-hydrogen) atoms. The number of nitrogens with zero attached hydrogens (tertiary/aromatic N) is 3. The molecule has 1 rings (SSSR count). The van der Waals surface area contributed by atoms with Crippen LogP contribution in [0.2, 0.25) is 0 Å². The van der Waals surface area contributed by atoms with Crippen LogP contribution in [-0.2, 0) is 6.54 Å². The van der Waals surface area contributed by atoms with E-state index in [0.717, 1.165) is 0 Å². The summed E-state index contributed by atoms with van der Waals surface area (Å²) < 4.78 is 0. The van der Waals surface area contributed by atoms with Gasteiger partial charge in [-0.25, -0.2) is 4.79 Å². The van der Waals surface area contributed by atoms with Crippen molar-refractivity contribution in [2.75, 3.05) is 0 Å². The molecule has 2 amide bonds. The molecule has 1 aromatic rings. The molecule has 0 aliphatic carbocycles. The average Bonchev–Trinajstić information content (AvgIpc) is 2.66. The largest absolute Gasteiger partial charge is 0.334 e. The second kappa shape index (κ2) is 5.84. The summed E-state index contributed by atoms with van der Waals surface area (Å²) in [6, 6.07) is -0.159. The lowest BCUT2D eigenvalue weighted by Crippen LogP contribution is -2.52. The van der Waals surface area contributed by atoms with Gasteiger partial charge in [0.05, 0.1) is 25.0 Å². The first-order chi connectivity index (χ1) is 8.28. The van der Waals surface area contributed by atoms with Crippen molar-refractivity contribution >= 4 is 6.03 Å². The number of hydrogen-bond donors (Lipinski definition) is 2. The molecule has 0 aromatic carbocycles. The molecule has 0 bridgehead atoms. The van der Waals surface area contributed by atoms with Gasteiger partial charge in [-0.2, -0.15) is 15.0 Å². The van der Waals surface area contributed by atoms with E-state index in [9.17, 15) is 4.79 Å². The Morgan fingerprint density at radius 3 is 2.28 bits per heavy atom. The number of nitrogens with one attached hydrogen (secondary N) is 2. The van der Waals surface area contributed by atoms with Gasteiger partial charge in [0.15, 0.2) is 0 Å². The zero-order valence-corrected chi connectivity index (χ0v) is 11.8. The Morgan fingerprint density at radius 1 is 1.28 bits per heavy atom. The highest BCUT2D eigenvalue weighted by Crippen LogP contribution is 2.05. The Balaban J connectivity index is 2.55. The van der Waals surface area contributed by atoms with Crippen LogP contribution in [0.5, 0.6) is 0 Å². The summed E-state index contributed by atoms with van der Waals surface area (Å²) in [7, 11) is 0. The second-order valence-electron chi connectivity index (χ2n) is 5.78. The van der Waals surface area contributed by atoms with Crippen molar-refractivity contribution in [2.24, 2.45) is 5.92 Å². The molecule has 1 unspecified atom stereocenters. The minimum absolute atomic E-state index is 0.000231. The van der Waals surface area contributed by atoms with Crippen LogP contribution >= 0.6 is 0 Å². The van der Waals surface area contributed by atoms with Crippen molar-refractivity contribution < 1.29 is 4.79 Å². The SMILES string of the molecule is CC(C)C(Cn1nccn1)NC(=O)NC(C)(C)C. The fourth-order valence-corrected chi connectivity index (χ4v) is 1.48. The Labute approximate surface area is 108 Å². The van der Waals surface area contributed by atoms with Gasteiger partial charge < -0.3 is 10.6 Å². The van der Waals surface area contributed by atoms with Gasteiger partial charge in [-0.3, -0.25) is 0 Å². The predicted octanol–water partition coefficient (Wildman–Crippen LogP) is 1.40. The molecule has 2 N–H and O–H groups in total. The monoisotopic (exact) mass is 253 g/mol. The number of carbonyl (C=O) groups is 1. The van der Waals surface area contributed by atoms with Crippen molar-refractivity contribution in [3.63, 3.8) is 0 Å². The third-order valence-electron chi connectivity index (χ3n) is 2.44. The fraction of sp³-hybridized carbons (Fsp3) is 0.750. The first-order valence-electron chi connectivity index (χ1n) is 6.21. The Kier molecular flexibility index (Phi) is 4.69. The van der Waals surface area contributed by atoms with Crippen molar-refractivity contribution in [3.05, 3.63) is 12.4 Å². The maximum atomic E-state index is 11.8. The summed E-state index contributed by atoms with van der Waals surface area (Å²) in [5, 5.41) is 14.0. The van der Waals surface area contributed by atoms with Crippen LogP contribution < -0.4 is 10.6 Å². The van der Waals surface area contributed by atoms with E-state index in [1.54, 1.807) is 17.2 Å². The van der Waals surface area contributed by atoms with Gasteiger partial charge in [0.2, 0.25) is 0 Å². The predicted molar refractivity (Wildman–Crippen MR) is 70.1 cm³/mol. The zero-order valence-electron chi connectivity index (χ0n) is 11.8. The van der Waals surface area contributed by atoms with Gasteiger partial charge in [0, 0.05) is 5.54 Å². The molecular weight excluding hydrogens is 230 g/mol. The number of urea groups is 1. The summed E-state index contributed by atoms with van der Waals surface area (Å²) in [6.45, 7) is 10.5. The molecule has 0 radical (unpaired) electrons. The topological polar surface area (TPSA) is 71.8 Å².